The van der Waals surface area contributed by atoms with Crippen molar-refractivity contribution in [3.05, 3.63) is 47.7 Å². The SMILES string of the molecule is CCNC(=NCc1ccccc1S(=O)(=O)NC(C)(C)C)NCc1ncc(C(C)(C)C)o1. The van der Waals surface area contributed by atoms with E-state index in [0.717, 1.165) is 5.76 Å². The Kier molecular flexibility index (Phi) is 7.88. The number of hydrogen-bond acceptors (Lipinski definition) is 5. The molecule has 0 fully saturated rings. The monoisotopic (exact) mass is 449 g/mol. The van der Waals surface area contributed by atoms with Crippen molar-refractivity contribution in [3.8, 4) is 0 Å². The Hall–Kier alpha value is -2.39. The summed E-state index contributed by atoms with van der Waals surface area (Å²) in [6.45, 7) is 14.8. The highest BCUT2D eigenvalue weighted by Gasteiger charge is 2.24. The van der Waals surface area contributed by atoms with Gasteiger partial charge in [-0.2, -0.15) is 0 Å². The third kappa shape index (κ3) is 7.66. The summed E-state index contributed by atoms with van der Waals surface area (Å²) in [7, 11) is -3.66. The number of rotatable bonds is 7. The van der Waals surface area contributed by atoms with Crippen LogP contribution in [0.4, 0.5) is 0 Å². The predicted molar refractivity (Wildman–Crippen MR) is 123 cm³/mol. The Bertz CT molecular complexity index is 999. The van der Waals surface area contributed by atoms with Crippen LogP contribution in [0.2, 0.25) is 0 Å². The first-order valence-electron chi connectivity index (χ1n) is 10.4. The van der Waals surface area contributed by atoms with E-state index >= 15 is 0 Å². The molecule has 0 bridgehead atoms. The number of sulfonamides is 1. The van der Waals surface area contributed by atoms with Gasteiger partial charge in [0.25, 0.3) is 0 Å². The van der Waals surface area contributed by atoms with Crippen molar-refractivity contribution in [1.29, 1.82) is 0 Å². The molecule has 0 saturated carbocycles. The molecule has 2 aromatic rings. The molecule has 8 nitrogen and oxygen atoms in total. The van der Waals surface area contributed by atoms with Crippen LogP contribution in [0, 0.1) is 0 Å². The highest BCUT2D eigenvalue weighted by molar-refractivity contribution is 7.89. The number of nitrogens with zero attached hydrogens (tertiary/aromatic N) is 2. The minimum atomic E-state index is -3.66. The van der Waals surface area contributed by atoms with Crippen LogP contribution in [0.3, 0.4) is 0 Å². The van der Waals surface area contributed by atoms with Crippen LogP contribution in [0.15, 0.2) is 44.8 Å². The van der Waals surface area contributed by atoms with E-state index in [1.54, 1.807) is 24.4 Å². The van der Waals surface area contributed by atoms with Crippen LogP contribution in [0.1, 0.15) is 65.7 Å². The van der Waals surface area contributed by atoms with E-state index in [-0.39, 0.29) is 16.9 Å². The summed E-state index contributed by atoms with van der Waals surface area (Å²) in [4.78, 5) is 9.10. The molecular formula is C22H35N5O3S. The quantitative estimate of drug-likeness (QED) is 0.442. The average Bonchev–Trinajstić information content (AvgIpc) is 3.12. The van der Waals surface area contributed by atoms with Crippen molar-refractivity contribution in [1.82, 2.24) is 20.3 Å². The fraction of sp³-hybridized carbons (Fsp3) is 0.545. The van der Waals surface area contributed by atoms with Gasteiger partial charge < -0.3 is 15.1 Å². The molecule has 0 spiro atoms. The lowest BCUT2D eigenvalue weighted by Gasteiger charge is -2.21. The molecule has 0 aliphatic carbocycles. The number of aliphatic imine (C=N–C) groups is 1. The molecule has 0 radical (unpaired) electrons. The molecular weight excluding hydrogens is 414 g/mol. The predicted octanol–water partition coefficient (Wildman–Crippen LogP) is 3.30. The van der Waals surface area contributed by atoms with E-state index in [9.17, 15) is 8.42 Å². The van der Waals surface area contributed by atoms with Gasteiger partial charge >= 0.3 is 0 Å². The zero-order chi connectivity index (χ0) is 23.3. The number of benzene rings is 1. The van der Waals surface area contributed by atoms with Crippen LogP contribution in [-0.4, -0.2) is 31.4 Å². The van der Waals surface area contributed by atoms with E-state index in [2.05, 4.69) is 46.1 Å². The van der Waals surface area contributed by atoms with Crippen LogP contribution < -0.4 is 15.4 Å². The molecule has 0 amide bonds. The molecule has 3 N–H and O–H groups in total. The highest BCUT2D eigenvalue weighted by atomic mass is 32.2. The van der Waals surface area contributed by atoms with Gasteiger partial charge in [0.1, 0.15) is 5.76 Å². The van der Waals surface area contributed by atoms with Crippen molar-refractivity contribution in [3.63, 3.8) is 0 Å². The molecule has 172 valence electrons. The van der Waals surface area contributed by atoms with Crippen molar-refractivity contribution >= 4 is 16.0 Å². The zero-order valence-electron chi connectivity index (χ0n) is 19.5. The van der Waals surface area contributed by atoms with Gasteiger partial charge in [0.05, 0.1) is 24.2 Å². The Morgan fingerprint density at radius 2 is 1.77 bits per heavy atom. The number of nitrogens with one attached hydrogen (secondary N) is 3. The van der Waals surface area contributed by atoms with Gasteiger partial charge in [0.15, 0.2) is 5.96 Å². The smallest absolute Gasteiger partial charge is 0.241 e. The fourth-order valence-corrected chi connectivity index (χ4v) is 4.41. The first kappa shape index (κ1) is 24.9. The molecule has 1 heterocycles. The molecule has 1 aromatic carbocycles. The highest BCUT2D eigenvalue weighted by Crippen LogP contribution is 2.22. The van der Waals surface area contributed by atoms with Crippen molar-refractivity contribution < 1.29 is 12.8 Å². The molecule has 31 heavy (non-hydrogen) atoms. The maximum Gasteiger partial charge on any atom is 0.241 e. The normalized spacial score (nSPS) is 13.3. The number of hydrogen-bond donors (Lipinski definition) is 3. The second-order valence-electron chi connectivity index (χ2n) is 9.38. The number of aromatic nitrogens is 1. The third-order valence-electron chi connectivity index (χ3n) is 4.15. The van der Waals surface area contributed by atoms with Crippen LogP contribution >= 0.6 is 0 Å². The van der Waals surface area contributed by atoms with Gasteiger partial charge in [-0.3, -0.25) is 0 Å². The summed E-state index contributed by atoms with van der Waals surface area (Å²) in [6, 6.07) is 6.89. The van der Waals surface area contributed by atoms with Gasteiger partial charge in [0, 0.05) is 17.5 Å². The summed E-state index contributed by atoms with van der Waals surface area (Å²) < 4.78 is 34.1. The molecule has 0 atom stereocenters. The lowest BCUT2D eigenvalue weighted by atomic mass is 9.94. The van der Waals surface area contributed by atoms with E-state index in [0.29, 0.717) is 30.5 Å². The Morgan fingerprint density at radius 3 is 2.35 bits per heavy atom. The summed E-state index contributed by atoms with van der Waals surface area (Å²) in [6.07, 6.45) is 1.74. The maximum absolute atomic E-state index is 12.8. The summed E-state index contributed by atoms with van der Waals surface area (Å²) in [5, 5.41) is 6.35. The van der Waals surface area contributed by atoms with Gasteiger partial charge in [-0.1, -0.05) is 39.0 Å². The van der Waals surface area contributed by atoms with Crippen LogP contribution in [0.25, 0.3) is 0 Å². The van der Waals surface area contributed by atoms with E-state index in [1.165, 1.54) is 0 Å². The van der Waals surface area contributed by atoms with Gasteiger partial charge in [-0.25, -0.2) is 23.1 Å². The fourth-order valence-electron chi connectivity index (χ4n) is 2.76. The first-order valence-corrected chi connectivity index (χ1v) is 11.9. The van der Waals surface area contributed by atoms with Gasteiger partial charge in [-0.15, -0.1) is 0 Å². The summed E-state index contributed by atoms with van der Waals surface area (Å²) in [5.74, 6) is 1.93. The van der Waals surface area contributed by atoms with Gasteiger partial charge in [-0.05, 0) is 39.3 Å². The molecule has 9 heteroatoms. The first-order chi connectivity index (χ1) is 14.3. The van der Waals surface area contributed by atoms with Crippen molar-refractivity contribution in [2.24, 2.45) is 4.99 Å². The molecule has 0 saturated heterocycles. The van der Waals surface area contributed by atoms with Crippen molar-refractivity contribution in [2.75, 3.05) is 6.54 Å². The van der Waals surface area contributed by atoms with E-state index in [4.69, 9.17) is 4.42 Å². The lowest BCUT2D eigenvalue weighted by molar-refractivity contribution is 0.379. The summed E-state index contributed by atoms with van der Waals surface area (Å²) >= 11 is 0. The zero-order valence-corrected chi connectivity index (χ0v) is 20.4. The Labute approximate surface area is 186 Å². The second-order valence-corrected chi connectivity index (χ2v) is 11.0. The average molecular weight is 450 g/mol. The summed E-state index contributed by atoms with van der Waals surface area (Å²) in [5.41, 5.74) is -0.0732. The van der Waals surface area contributed by atoms with Crippen LogP contribution in [-0.2, 0) is 28.5 Å². The second kappa shape index (κ2) is 9.82. The van der Waals surface area contributed by atoms with Gasteiger partial charge in [0.2, 0.25) is 15.9 Å². The van der Waals surface area contributed by atoms with E-state index in [1.807, 2.05) is 33.8 Å². The topological polar surface area (TPSA) is 109 Å². The third-order valence-corrected chi connectivity index (χ3v) is 6.01. The molecule has 0 aliphatic heterocycles. The Balaban J connectivity index is 2.17. The van der Waals surface area contributed by atoms with Crippen LogP contribution in [0.5, 0.6) is 0 Å². The van der Waals surface area contributed by atoms with E-state index < -0.39 is 15.6 Å². The molecule has 1 aromatic heterocycles. The molecule has 2 rings (SSSR count). The molecule has 0 unspecified atom stereocenters. The standard InChI is InChI=1S/C22H35N5O3S/c1-8-23-20(26-15-19-24-14-18(30-19)21(2,3)4)25-13-16-11-9-10-12-17(16)31(28,29)27-22(5,6)7/h9-12,14,27H,8,13,15H2,1-7H3,(H2,23,25,26). The number of oxazole rings is 1. The maximum atomic E-state index is 12.8. The number of guanidine groups is 1. The largest absolute Gasteiger partial charge is 0.443 e. The molecule has 0 aliphatic rings. The Morgan fingerprint density at radius 1 is 1.10 bits per heavy atom. The minimum absolute atomic E-state index is 0.111. The minimum Gasteiger partial charge on any atom is -0.443 e. The van der Waals surface area contributed by atoms with Crippen molar-refractivity contribution in [2.45, 2.75) is 77.4 Å². The lowest BCUT2D eigenvalue weighted by Crippen LogP contribution is -2.40.